The van der Waals surface area contributed by atoms with E-state index in [1.54, 1.807) is 24.3 Å². The molecule has 1 aromatic heterocycles. The smallest absolute Gasteiger partial charge is 0.268 e. The maximum atomic E-state index is 12.3. The first kappa shape index (κ1) is 23.9. The molecule has 1 fully saturated rings. The normalized spacial score (nSPS) is 25.0. The minimum Gasteiger partial charge on any atom is -0.489 e. The Labute approximate surface area is 201 Å². The summed E-state index contributed by atoms with van der Waals surface area (Å²) in [5.41, 5.74) is 3.18. The lowest BCUT2D eigenvalue weighted by Crippen LogP contribution is -2.34. The number of carbonyl (C=O) groups excluding carboxylic acids is 1. The second kappa shape index (κ2) is 11.7. The van der Waals surface area contributed by atoms with Crippen LogP contribution in [0.25, 0.3) is 0 Å². The molecule has 0 spiro atoms. The van der Waals surface area contributed by atoms with Crippen molar-refractivity contribution in [2.45, 2.75) is 50.7 Å². The van der Waals surface area contributed by atoms with Gasteiger partial charge in [0.05, 0.1) is 37.8 Å². The second-order valence-corrected chi connectivity index (χ2v) is 8.70. The van der Waals surface area contributed by atoms with Gasteiger partial charge in [-0.3, -0.25) is 9.79 Å². The lowest BCUT2D eigenvalue weighted by Gasteiger charge is -2.32. The summed E-state index contributed by atoms with van der Waals surface area (Å²) in [6, 6.07) is 2.13. The summed E-state index contributed by atoms with van der Waals surface area (Å²) >= 11 is 0. The van der Waals surface area contributed by atoms with Gasteiger partial charge in [-0.15, -0.1) is 6.58 Å². The Morgan fingerprint density at radius 3 is 2.79 bits per heavy atom. The summed E-state index contributed by atoms with van der Waals surface area (Å²) in [7, 11) is 1.78. The molecule has 0 bridgehead atoms. The van der Waals surface area contributed by atoms with E-state index in [-0.39, 0.29) is 12.0 Å². The minimum atomic E-state index is -0.137. The molecule has 0 aromatic carbocycles. The number of hydrogen-bond donors (Lipinski definition) is 1. The molecular weight excluding hydrogens is 430 g/mol. The van der Waals surface area contributed by atoms with Gasteiger partial charge in [-0.05, 0) is 61.8 Å². The van der Waals surface area contributed by atoms with Crippen LogP contribution in [0.2, 0.25) is 0 Å². The van der Waals surface area contributed by atoms with Gasteiger partial charge in [0.1, 0.15) is 5.76 Å². The molecule has 8 nitrogen and oxygen atoms in total. The summed E-state index contributed by atoms with van der Waals surface area (Å²) < 4.78 is 12.1. The molecular formula is C26H33N5O3. The van der Waals surface area contributed by atoms with Gasteiger partial charge in [-0.2, -0.15) is 0 Å². The zero-order valence-corrected chi connectivity index (χ0v) is 19.8. The van der Waals surface area contributed by atoms with Gasteiger partial charge in [0, 0.05) is 25.5 Å². The van der Waals surface area contributed by atoms with Gasteiger partial charge in [0.15, 0.2) is 0 Å². The first-order chi connectivity index (χ1) is 16.6. The summed E-state index contributed by atoms with van der Waals surface area (Å²) in [4.78, 5) is 26.8. The average molecular weight is 464 g/mol. The van der Waals surface area contributed by atoms with Crippen LogP contribution in [0.1, 0.15) is 38.5 Å². The molecule has 1 saturated carbocycles. The number of carbonyl (C=O) groups is 1. The van der Waals surface area contributed by atoms with Gasteiger partial charge < -0.3 is 19.7 Å². The minimum absolute atomic E-state index is 0.0662. The van der Waals surface area contributed by atoms with Gasteiger partial charge in [-0.25, -0.2) is 9.97 Å². The van der Waals surface area contributed by atoms with Crippen molar-refractivity contribution in [3.05, 3.63) is 65.9 Å². The Morgan fingerprint density at radius 2 is 2.09 bits per heavy atom. The quantitative estimate of drug-likeness (QED) is 0.466. The third-order valence-corrected chi connectivity index (χ3v) is 6.37. The van der Waals surface area contributed by atoms with Crippen molar-refractivity contribution < 1.29 is 14.3 Å². The largest absolute Gasteiger partial charge is 0.489 e. The molecule has 0 saturated heterocycles. The number of anilines is 1. The predicted molar refractivity (Wildman–Crippen MR) is 132 cm³/mol. The number of aromatic nitrogens is 2. The van der Waals surface area contributed by atoms with Crippen LogP contribution in [0, 0.1) is 0 Å². The third kappa shape index (κ3) is 6.20. The van der Waals surface area contributed by atoms with E-state index in [0.717, 1.165) is 55.6 Å². The Morgan fingerprint density at radius 1 is 1.29 bits per heavy atom. The van der Waals surface area contributed by atoms with E-state index in [4.69, 9.17) is 9.47 Å². The number of ether oxygens (including phenoxy) is 2. The van der Waals surface area contributed by atoms with E-state index in [1.165, 1.54) is 11.8 Å². The van der Waals surface area contributed by atoms with Crippen LogP contribution < -0.4 is 5.32 Å². The standard InChI is InChI=1S/C26H33N5O3/c1-3-5-20(19-10-14-33-15-11-19)16-24(23-17-27-18-25(32)31(23)2)34-22-8-6-21(7-9-22)30-26-28-12-4-13-29-26/h3-4,10,12-13,16,18,21-22H,1,5-9,11,14-15,17H2,2H3,(H,28,29,30)/b20-16+,24-23-/t21-,22+. The first-order valence-corrected chi connectivity index (χ1v) is 11.9. The topological polar surface area (TPSA) is 88.9 Å². The van der Waals surface area contributed by atoms with Crippen molar-refractivity contribution in [3.63, 3.8) is 0 Å². The SMILES string of the molecule is C=CC/C(=C\C(O[C@H]1CC[C@@H](Nc2ncccn2)CC1)=C1/CN=CC(=O)N1C)C1=CCOCC1. The lowest BCUT2D eigenvalue weighted by molar-refractivity contribution is -0.121. The average Bonchev–Trinajstić information content (AvgIpc) is 2.87. The molecule has 1 amide bonds. The molecule has 3 aliphatic rings. The van der Waals surface area contributed by atoms with Crippen LogP contribution in [-0.2, 0) is 14.3 Å². The molecule has 1 aliphatic carbocycles. The maximum absolute atomic E-state index is 12.3. The van der Waals surface area contributed by atoms with Crippen molar-refractivity contribution in [1.82, 2.24) is 14.9 Å². The summed E-state index contributed by atoms with van der Waals surface area (Å²) in [5, 5.41) is 3.42. The number of aliphatic imine (C=N–C) groups is 1. The molecule has 1 N–H and O–H groups in total. The fourth-order valence-electron chi connectivity index (χ4n) is 4.44. The van der Waals surface area contributed by atoms with E-state index in [9.17, 15) is 4.79 Å². The third-order valence-electron chi connectivity index (χ3n) is 6.37. The van der Waals surface area contributed by atoms with Crippen molar-refractivity contribution in [2.75, 3.05) is 32.1 Å². The number of nitrogens with zero attached hydrogens (tertiary/aromatic N) is 4. The molecule has 34 heavy (non-hydrogen) atoms. The number of allylic oxidation sites excluding steroid dienone is 3. The molecule has 8 heteroatoms. The summed E-state index contributed by atoms with van der Waals surface area (Å²) in [6.45, 7) is 5.67. The number of nitrogens with one attached hydrogen (secondary N) is 1. The molecule has 4 rings (SSSR count). The summed E-state index contributed by atoms with van der Waals surface area (Å²) in [6.07, 6.45) is 16.4. The molecule has 2 aliphatic heterocycles. The van der Waals surface area contributed by atoms with E-state index in [0.29, 0.717) is 31.7 Å². The lowest BCUT2D eigenvalue weighted by atomic mass is 9.92. The Bertz CT molecular complexity index is 991. The van der Waals surface area contributed by atoms with E-state index >= 15 is 0 Å². The fraction of sp³-hybridized carbons (Fsp3) is 0.462. The highest BCUT2D eigenvalue weighted by Crippen LogP contribution is 2.30. The molecule has 0 unspecified atom stereocenters. The highest BCUT2D eigenvalue weighted by atomic mass is 16.5. The molecule has 1 aromatic rings. The van der Waals surface area contributed by atoms with Crippen LogP contribution in [0.5, 0.6) is 0 Å². The number of likely N-dealkylation sites (N-methyl/N-ethyl adjacent to an activating group) is 1. The van der Waals surface area contributed by atoms with Crippen molar-refractivity contribution in [2.24, 2.45) is 4.99 Å². The molecule has 0 atom stereocenters. The fourth-order valence-corrected chi connectivity index (χ4v) is 4.44. The van der Waals surface area contributed by atoms with Crippen LogP contribution in [0.3, 0.4) is 0 Å². The van der Waals surface area contributed by atoms with Crippen LogP contribution in [0.4, 0.5) is 5.95 Å². The number of rotatable bonds is 8. The van der Waals surface area contributed by atoms with E-state index in [2.05, 4.69) is 39.0 Å². The van der Waals surface area contributed by atoms with Crippen molar-refractivity contribution in [3.8, 4) is 0 Å². The van der Waals surface area contributed by atoms with Crippen molar-refractivity contribution in [1.29, 1.82) is 0 Å². The van der Waals surface area contributed by atoms with E-state index in [1.807, 2.05) is 12.1 Å². The number of amides is 1. The van der Waals surface area contributed by atoms with Gasteiger partial charge in [-0.1, -0.05) is 12.2 Å². The Balaban J connectivity index is 1.52. The van der Waals surface area contributed by atoms with Crippen LogP contribution in [0.15, 0.2) is 70.9 Å². The second-order valence-electron chi connectivity index (χ2n) is 8.70. The van der Waals surface area contributed by atoms with Crippen LogP contribution in [-0.4, -0.2) is 65.9 Å². The van der Waals surface area contributed by atoms with Crippen LogP contribution >= 0.6 is 0 Å². The Kier molecular flexibility index (Phi) is 8.25. The highest BCUT2D eigenvalue weighted by Gasteiger charge is 2.27. The first-order valence-electron chi connectivity index (χ1n) is 11.9. The zero-order valence-electron chi connectivity index (χ0n) is 19.8. The Hall–Kier alpha value is -3.26. The highest BCUT2D eigenvalue weighted by molar-refractivity contribution is 6.27. The molecule has 180 valence electrons. The monoisotopic (exact) mass is 463 g/mol. The van der Waals surface area contributed by atoms with E-state index < -0.39 is 0 Å². The maximum Gasteiger partial charge on any atom is 0.268 e. The van der Waals surface area contributed by atoms with Gasteiger partial charge in [0.25, 0.3) is 5.91 Å². The molecule has 3 heterocycles. The van der Waals surface area contributed by atoms with Gasteiger partial charge >= 0.3 is 0 Å². The summed E-state index contributed by atoms with van der Waals surface area (Å²) in [5.74, 6) is 1.25. The predicted octanol–water partition coefficient (Wildman–Crippen LogP) is 3.82. The number of hydrogen-bond acceptors (Lipinski definition) is 7. The molecule has 0 radical (unpaired) electrons. The van der Waals surface area contributed by atoms with Gasteiger partial charge in [0.2, 0.25) is 5.95 Å². The van der Waals surface area contributed by atoms with Crippen molar-refractivity contribution >= 4 is 18.1 Å². The zero-order chi connectivity index (χ0) is 23.8.